The molecule has 0 N–H and O–H groups in total. The molecule has 0 aliphatic heterocycles. The summed E-state index contributed by atoms with van der Waals surface area (Å²) in [5.74, 6) is 0. The third-order valence-electron chi connectivity index (χ3n) is 0.267. The summed E-state index contributed by atoms with van der Waals surface area (Å²) in [5.41, 5.74) is 0. The third kappa shape index (κ3) is 59.0. The summed E-state index contributed by atoms with van der Waals surface area (Å²) in [5, 5.41) is 18.9. The van der Waals surface area contributed by atoms with Gasteiger partial charge in [-0.2, -0.15) is 0 Å². The van der Waals surface area contributed by atoms with Crippen LogP contribution in [0.4, 0.5) is 4.79 Å². The standard InChI is InChI=1S/C3H6Br2.CH2O3.2K/c4-2-1-3-5;2-1(3)4;;/h1-3H2;(H2,2,3,4);;/q;;2*+1/p-2. The Kier molecular flexibility index (Phi) is 50.9. The second-order valence-corrected chi connectivity index (χ2v) is 2.57. The molecule has 0 spiro atoms. The molecule has 0 atom stereocenters. The molecule has 0 saturated heterocycles. The summed E-state index contributed by atoms with van der Waals surface area (Å²) in [4.78, 5) is 8.33. The molecule has 0 radical (unpaired) electrons. The molecule has 56 valence electrons. The molecule has 0 heterocycles. The first-order chi connectivity index (χ1) is 4.15. The zero-order chi connectivity index (χ0) is 7.70. The summed E-state index contributed by atoms with van der Waals surface area (Å²) >= 11 is 6.56. The normalized spacial score (nSPS) is 6.00. The third-order valence-corrected chi connectivity index (χ3v) is 1.39. The van der Waals surface area contributed by atoms with Crippen molar-refractivity contribution in [3.05, 3.63) is 0 Å². The Morgan fingerprint density at radius 1 is 1.09 bits per heavy atom. The van der Waals surface area contributed by atoms with E-state index in [1.165, 1.54) is 6.42 Å². The van der Waals surface area contributed by atoms with Crippen molar-refractivity contribution in [3.8, 4) is 0 Å². The van der Waals surface area contributed by atoms with E-state index in [0.717, 1.165) is 10.7 Å². The smallest absolute Gasteiger partial charge is 0.652 e. The molecule has 0 amide bonds. The van der Waals surface area contributed by atoms with Gasteiger partial charge in [-0.05, 0) is 12.6 Å². The number of carbonyl (C=O) groups is 1. The topological polar surface area (TPSA) is 63.2 Å². The van der Waals surface area contributed by atoms with Crippen molar-refractivity contribution in [2.75, 3.05) is 10.7 Å². The molecule has 11 heavy (non-hydrogen) atoms. The largest absolute Gasteiger partial charge is 1.00 e. The van der Waals surface area contributed by atoms with Gasteiger partial charge in [0.1, 0.15) is 0 Å². The number of halogens is 2. The molecule has 0 aromatic rings. The second-order valence-electron chi connectivity index (χ2n) is 0.982. The summed E-state index contributed by atoms with van der Waals surface area (Å²) in [6.07, 6.45) is -1.11. The molecule has 0 aromatic carbocycles. The van der Waals surface area contributed by atoms with E-state index >= 15 is 0 Å². The zero-order valence-electron chi connectivity index (χ0n) is 6.60. The summed E-state index contributed by atoms with van der Waals surface area (Å²) < 4.78 is 0. The van der Waals surface area contributed by atoms with Gasteiger partial charge in [0.2, 0.25) is 0 Å². The van der Waals surface area contributed by atoms with E-state index in [4.69, 9.17) is 15.0 Å². The average molecular weight is 340 g/mol. The number of rotatable bonds is 2. The van der Waals surface area contributed by atoms with E-state index in [9.17, 15) is 0 Å². The van der Waals surface area contributed by atoms with Crippen LogP contribution in [0.2, 0.25) is 0 Å². The summed E-state index contributed by atoms with van der Waals surface area (Å²) in [7, 11) is 0. The molecular formula is C4H6Br2K2O3. The van der Waals surface area contributed by atoms with Crippen LogP contribution in [0.5, 0.6) is 0 Å². The Morgan fingerprint density at radius 3 is 1.27 bits per heavy atom. The number of hydrogen-bond donors (Lipinski definition) is 0. The van der Waals surface area contributed by atoms with Gasteiger partial charge in [-0.15, -0.1) is 0 Å². The van der Waals surface area contributed by atoms with Crippen LogP contribution in [-0.4, -0.2) is 16.8 Å². The molecule has 0 fully saturated rings. The predicted octanol–water partition coefficient (Wildman–Crippen LogP) is -6.27. The Bertz CT molecular complexity index is 68.4. The van der Waals surface area contributed by atoms with E-state index in [-0.39, 0.29) is 103 Å². The molecule has 0 aliphatic carbocycles. The first kappa shape index (κ1) is 24.0. The Hall–Kier alpha value is 3.50. The van der Waals surface area contributed by atoms with Crippen molar-refractivity contribution in [1.29, 1.82) is 0 Å². The van der Waals surface area contributed by atoms with E-state index in [1.807, 2.05) is 0 Å². The first-order valence-electron chi connectivity index (χ1n) is 2.15. The van der Waals surface area contributed by atoms with Crippen molar-refractivity contribution in [2.45, 2.75) is 6.42 Å². The van der Waals surface area contributed by atoms with Gasteiger partial charge in [-0.25, -0.2) is 0 Å². The SMILES string of the molecule is BrCCCBr.O=C([O-])[O-].[K+].[K+]. The van der Waals surface area contributed by atoms with Crippen molar-refractivity contribution < 1.29 is 118 Å². The fourth-order valence-corrected chi connectivity index (χ4v) is 1.36. The van der Waals surface area contributed by atoms with Crippen LogP contribution in [0.25, 0.3) is 0 Å². The fraction of sp³-hybridized carbons (Fsp3) is 0.750. The molecule has 0 rings (SSSR count). The van der Waals surface area contributed by atoms with Crippen molar-refractivity contribution in [2.24, 2.45) is 0 Å². The van der Waals surface area contributed by atoms with Crippen LogP contribution < -0.4 is 113 Å². The van der Waals surface area contributed by atoms with Crippen LogP contribution in [0.3, 0.4) is 0 Å². The average Bonchev–Trinajstić information content (AvgIpc) is 1.66. The maximum atomic E-state index is 8.33. The number of carbonyl (C=O) groups excluding carboxylic acids is 1. The Labute approximate surface area is 168 Å². The molecule has 0 aliphatic rings. The monoisotopic (exact) mass is 338 g/mol. The Morgan fingerprint density at radius 2 is 1.27 bits per heavy atom. The van der Waals surface area contributed by atoms with Gasteiger partial charge in [0, 0.05) is 10.7 Å². The van der Waals surface area contributed by atoms with Crippen LogP contribution in [0, 0.1) is 0 Å². The Balaban J connectivity index is -0.0000000383. The van der Waals surface area contributed by atoms with Crippen LogP contribution in [0.1, 0.15) is 6.42 Å². The van der Waals surface area contributed by atoms with Crippen LogP contribution in [-0.2, 0) is 0 Å². The van der Waals surface area contributed by atoms with Gasteiger partial charge in [0.15, 0.2) is 0 Å². The molecular weight excluding hydrogens is 334 g/mol. The quantitative estimate of drug-likeness (QED) is 0.371. The predicted molar refractivity (Wildman–Crippen MR) is 37.6 cm³/mol. The van der Waals surface area contributed by atoms with Gasteiger partial charge >= 0.3 is 103 Å². The van der Waals surface area contributed by atoms with Gasteiger partial charge in [0.25, 0.3) is 0 Å². The molecule has 7 heteroatoms. The molecule has 3 nitrogen and oxygen atoms in total. The van der Waals surface area contributed by atoms with Crippen molar-refractivity contribution in [1.82, 2.24) is 0 Å². The van der Waals surface area contributed by atoms with E-state index < -0.39 is 6.16 Å². The van der Waals surface area contributed by atoms with Gasteiger partial charge in [-0.1, -0.05) is 31.9 Å². The van der Waals surface area contributed by atoms with Gasteiger partial charge < -0.3 is 15.0 Å². The minimum absolute atomic E-state index is 0. The molecule has 0 saturated carbocycles. The number of alkyl halides is 2. The van der Waals surface area contributed by atoms with E-state index in [1.54, 1.807) is 0 Å². The molecule has 0 aromatic heterocycles. The van der Waals surface area contributed by atoms with Gasteiger partial charge in [-0.3, -0.25) is 0 Å². The minimum Gasteiger partial charge on any atom is -0.652 e. The molecule has 0 unspecified atom stereocenters. The first-order valence-corrected chi connectivity index (χ1v) is 4.39. The second kappa shape index (κ2) is 23.4. The number of carboxylic acid groups (broad SMARTS) is 2. The summed E-state index contributed by atoms with van der Waals surface area (Å²) in [6, 6.07) is 0. The van der Waals surface area contributed by atoms with E-state index in [2.05, 4.69) is 31.9 Å². The minimum atomic E-state index is -2.33. The summed E-state index contributed by atoms with van der Waals surface area (Å²) in [6.45, 7) is 0. The van der Waals surface area contributed by atoms with Crippen LogP contribution in [0.15, 0.2) is 0 Å². The molecule has 0 bridgehead atoms. The maximum Gasteiger partial charge on any atom is 1.00 e. The maximum absolute atomic E-state index is 8.33. The van der Waals surface area contributed by atoms with Crippen molar-refractivity contribution >= 4 is 38.0 Å². The van der Waals surface area contributed by atoms with Crippen molar-refractivity contribution in [3.63, 3.8) is 0 Å². The van der Waals surface area contributed by atoms with Gasteiger partial charge in [0.05, 0.1) is 0 Å². The van der Waals surface area contributed by atoms with Crippen LogP contribution >= 0.6 is 31.9 Å². The zero-order valence-corrected chi connectivity index (χ0v) is 16.0. The fourth-order valence-electron chi connectivity index (χ4n) is 0.0505. The number of hydrogen-bond acceptors (Lipinski definition) is 3. The van der Waals surface area contributed by atoms with E-state index in [0.29, 0.717) is 0 Å².